The van der Waals surface area contributed by atoms with Crippen molar-refractivity contribution in [3.63, 3.8) is 0 Å². The highest BCUT2D eigenvalue weighted by atomic mass is 16.5. The molecule has 5 rings (SSSR count). The van der Waals surface area contributed by atoms with Gasteiger partial charge in [-0.05, 0) is 31.9 Å². The summed E-state index contributed by atoms with van der Waals surface area (Å²) >= 11 is 0. The topological polar surface area (TPSA) is 81.7 Å². The molecule has 1 aliphatic heterocycles. The first-order valence-corrected chi connectivity index (χ1v) is 10.1. The minimum atomic E-state index is -0.0833. The van der Waals surface area contributed by atoms with E-state index in [1.54, 1.807) is 0 Å². The lowest BCUT2D eigenvalue weighted by Gasteiger charge is -2.23. The van der Waals surface area contributed by atoms with Gasteiger partial charge in [-0.1, -0.05) is 35.5 Å². The highest BCUT2D eigenvalue weighted by Gasteiger charge is 2.20. The number of carbonyl (C=O) groups excluding carboxylic acids is 1. The predicted molar refractivity (Wildman–Crippen MR) is 112 cm³/mol. The Hall–Kier alpha value is -3.45. The van der Waals surface area contributed by atoms with E-state index in [0.717, 1.165) is 35.4 Å². The van der Waals surface area contributed by atoms with Crippen LogP contribution >= 0.6 is 0 Å². The molecule has 0 bridgehead atoms. The molecule has 4 aromatic rings. The quantitative estimate of drug-likeness (QED) is 0.560. The van der Waals surface area contributed by atoms with Crippen LogP contribution in [0.2, 0.25) is 0 Å². The van der Waals surface area contributed by atoms with Gasteiger partial charge in [0.1, 0.15) is 17.1 Å². The summed E-state index contributed by atoms with van der Waals surface area (Å²) in [5.74, 6) is 0.620. The van der Waals surface area contributed by atoms with Gasteiger partial charge >= 0.3 is 0 Å². The first-order valence-electron chi connectivity index (χ1n) is 10.1. The summed E-state index contributed by atoms with van der Waals surface area (Å²) in [4.78, 5) is 17.4. The molecule has 30 heavy (non-hydrogen) atoms. The Kier molecular flexibility index (Phi) is 4.80. The molecule has 0 atom stereocenters. The molecule has 1 aromatic carbocycles. The van der Waals surface area contributed by atoms with Crippen molar-refractivity contribution in [3.8, 4) is 22.5 Å². The fraction of sp³-hybridized carbons (Fsp3) is 0.261. The molecule has 1 fully saturated rings. The number of amides is 1. The summed E-state index contributed by atoms with van der Waals surface area (Å²) in [5.41, 5.74) is 4.64. The van der Waals surface area contributed by atoms with E-state index >= 15 is 0 Å². The van der Waals surface area contributed by atoms with Crippen LogP contribution in [0.1, 0.15) is 29.0 Å². The molecule has 152 valence electrons. The summed E-state index contributed by atoms with van der Waals surface area (Å²) in [6, 6.07) is 13.7. The van der Waals surface area contributed by atoms with E-state index in [1.165, 1.54) is 0 Å². The average Bonchev–Trinajstić information content (AvgIpc) is 3.37. The monoisotopic (exact) mass is 402 g/mol. The van der Waals surface area contributed by atoms with Crippen molar-refractivity contribution in [1.82, 2.24) is 19.9 Å². The number of pyridine rings is 1. The van der Waals surface area contributed by atoms with Gasteiger partial charge in [0.05, 0.1) is 11.3 Å². The number of aryl methyl sites for hydroxylation is 1. The number of rotatable bonds is 4. The second-order valence-corrected chi connectivity index (χ2v) is 7.50. The Balaban J connectivity index is 1.47. The van der Waals surface area contributed by atoms with Crippen molar-refractivity contribution < 1.29 is 14.1 Å². The number of aromatic nitrogens is 3. The molecule has 4 heterocycles. The van der Waals surface area contributed by atoms with Crippen LogP contribution in [-0.4, -0.2) is 39.7 Å². The van der Waals surface area contributed by atoms with E-state index in [9.17, 15) is 4.79 Å². The van der Waals surface area contributed by atoms with Gasteiger partial charge in [0, 0.05) is 42.8 Å². The molecule has 1 aliphatic rings. The first-order chi connectivity index (χ1) is 14.7. The van der Waals surface area contributed by atoms with Crippen LogP contribution in [-0.2, 0) is 4.74 Å². The van der Waals surface area contributed by atoms with Crippen molar-refractivity contribution in [3.05, 3.63) is 66.2 Å². The number of nitrogens with one attached hydrogen (secondary N) is 1. The zero-order valence-corrected chi connectivity index (χ0v) is 16.7. The molecular weight excluding hydrogens is 380 g/mol. The minimum Gasteiger partial charge on any atom is -0.381 e. The van der Waals surface area contributed by atoms with Crippen LogP contribution < -0.4 is 5.32 Å². The molecular formula is C23H22N4O3. The highest BCUT2D eigenvalue weighted by molar-refractivity contribution is 5.95. The number of nitrogens with zero attached hydrogens (tertiary/aromatic N) is 3. The molecule has 1 N–H and O–H groups in total. The van der Waals surface area contributed by atoms with E-state index in [-0.39, 0.29) is 11.9 Å². The maximum absolute atomic E-state index is 12.7. The number of carbonyl (C=O) groups is 1. The summed E-state index contributed by atoms with van der Waals surface area (Å²) < 4.78 is 12.7. The van der Waals surface area contributed by atoms with Gasteiger partial charge in [0.25, 0.3) is 5.91 Å². The third-order valence-corrected chi connectivity index (χ3v) is 5.45. The second-order valence-electron chi connectivity index (χ2n) is 7.50. The second kappa shape index (κ2) is 7.76. The third-order valence-electron chi connectivity index (χ3n) is 5.45. The third kappa shape index (κ3) is 3.48. The molecule has 1 amide bonds. The Morgan fingerprint density at radius 2 is 1.97 bits per heavy atom. The molecule has 0 spiro atoms. The average molecular weight is 402 g/mol. The lowest BCUT2D eigenvalue weighted by atomic mass is 10.0. The van der Waals surface area contributed by atoms with Crippen molar-refractivity contribution in [2.75, 3.05) is 13.2 Å². The van der Waals surface area contributed by atoms with Crippen molar-refractivity contribution in [1.29, 1.82) is 0 Å². The Morgan fingerprint density at radius 3 is 2.77 bits per heavy atom. The SMILES string of the molecule is Cc1onc(-c2ccccc2)c1-c1cn2ccc(C(=O)NC3CCOCC3)cc2n1. The molecule has 0 aliphatic carbocycles. The Morgan fingerprint density at radius 1 is 1.17 bits per heavy atom. The summed E-state index contributed by atoms with van der Waals surface area (Å²) in [6.45, 7) is 3.26. The fourth-order valence-electron chi connectivity index (χ4n) is 3.82. The molecule has 7 nitrogen and oxygen atoms in total. The number of fused-ring (bicyclic) bond motifs is 1. The lowest BCUT2D eigenvalue weighted by molar-refractivity contribution is 0.0696. The number of hydrogen-bond acceptors (Lipinski definition) is 5. The van der Waals surface area contributed by atoms with Gasteiger partial charge < -0.3 is 19.0 Å². The van der Waals surface area contributed by atoms with Crippen molar-refractivity contribution in [2.24, 2.45) is 0 Å². The van der Waals surface area contributed by atoms with Gasteiger partial charge in [-0.25, -0.2) is 4.98 Å². The van der Waals surface area contributed by atoms with E-state index in [1.807, 2.05) is 66.2 Å². The fourth-order valence-corrected chi connectivity index (χ4v) is 3.82. The molecule has 0 unspecified atom stereocenters. The van der Waals surface area contributed by atoms with Crippen molar-refractivity contribution >= 4 is 11.6 Å². The number of ether oxygens (including phenoxy) is 1. The van der Waals surface area contributed by atoms with E-state index in [0.29, 0.717) is 30.2 Å². The van der Waals surface area contributed by atoms with Crippen LogP contribution in [0.3, 0.4) is 0 Å². The van der Waals surface area contributed by atoms with Crippen LogP contribution in [0, 0.1) is 6.92 Å². The number of hydrogen-bond donors (Lipinski definition) is 1. The maximum Gasteiger partial charge on any atom is 0.251 e. The van der Waals surface area contributed by atoms with Gasteiger partial charge in [-0.15, -0.1) is 0 Å². The van der Waals surface area contributed by atoms with Gasteiger partial charge in [-0.3, -0.25) is 4.79 Å². The minimum absolute atomic E-state index is 0.0833. The van der Waals surface area contributed by atoms with Crippen LogP contribution in [0.5, 0.6) is 0 Å². The first kappa shape index (κ1) is 18.6. The Bertz CT molecular complexity index is 1190. The Labute approximate surface area is 173 Å². The predicted octanol–water partition coefficient (Wildman–Crippen LogP) is 3.87. The zero-order chi connectivity index (χ0) is 20.5. The highest BCUT2D eigenvalue weighted by Crippen LogP contribution is 2.33. The largest absolute Gasteiger partial charge is 0.381 e. The molecule has 1 saturated heterocycles. The number of imidazole rings is 1. The van der Waals surface area contributed by atoms with E-state index in [2.05, 4.69) is 10.5 Å². The standard InChI is InChI=1S/C23H22N4O3/c1-15-21(22(26-30-15)16-5-3-2-4-6-16)19-14-27-10-7-17(13-20(27)25-19)23(28)24-18-8-11-29-12-9-18/h2-7,10,13-14,18H,8-9,11-12H2,1H3,(H,24,28). The van der Waals surface area contributed by atoms with Crippen LogP contribution in [0.25, 0.3) is 28.2 Å². The van der Waals surface area contributed by atoms with Gasteiger partial charge in [0.2, 0.25) is 0 Å². The van der Waals surface area contributed by atoms with E-state index in [4.69, 9.17) is 14.2 Å². The van der Waals surface area contributed by atoms with Crippen LogP contribution in [0.15, 0.2) is 59.4 Å². The van der Waals surface area contributed by atoms with Gasteiger partial charge in [-0.2, -0.15) is 0 Å². The summed E-state index contributed by atoms with van der Waals surface area (Å²) in [5, 5.41) is 7.34. The van der Waals surface area contributed by atoms with Crippen LogP contribution in [0.4, 0.5) is 0 Å². The van der Waals surface area contributed by atoms with Crippen molar-refractivity contribution in [2.45, 2.75) is 25.8 Å². The smallest absolute Gasteiger partial charge is 0.251 e. The lowest BCUT2D eigenvalue weighted by Crippen LogP contribution is -2.38. The molecule has 7 heteroatoms. The summed E-state index contributed by atoms with van der Waals surface area (Å²) in [7, 11) is 0. The van der Waals surface area contributed by atoms with E-state index < -0.39 is 0 Å². The zero-order valence-electron chi connectivity index (χ0n) is 16.7. The normalized spacial score (nSPS) is 14.8. The number of benzene rings is 1. The molecule has 0 saturated carbocycles. The summed E-state index contributed by atoms with van der Waals surface area (Å²) in [6.07, 6.45) is 5.48. The molecule has 0 radical (unpaired) electrons. The van der Waals surface area contributed by atoms with Gasteiger partial charge in [0.15, 0.2) is 0 Å². The molecule has 3 aromatic heterocycles. The maximum atomic E-state index is 12.7.